The van der Waals surface area contributed by atoms with E-state index < -0.39 is 0 Å². The van der Waals surface area contributed by atoms with Crippen molar-refractivity contribution in [2.45, 2.75) is 66.2 Å². The maximum absolute atomic E-state index is 3.33. The number of hydrogen-bond acceptors (Lipinski definition) is 0. The first-order chi connectivity index (χ1) is 8.73. The van der Waals surface area contributed by atoms with Crippen LogP contribution in [0.4, 0.5) is 0 Å². The Kier molecular flexibility index (Phi) is 10.2. The zero-order valence-electron chi connectivity index (χ0n) is 12.8. The normalized spacial score (nSPS) is 16.6. The van der Waals surface area contributed by atoms with E-state index in [2.05, 4.69) is 52.0 Å². The summed E-state index contributed by atoms with van der Waals surface area (Å²) in [6, 6.07) is 0. The van der Waals surface area contributed by atoms with E-state index in [1.165, 1.54) is 35.1 Å². The van der Waals surface area contributed by atoms with Crippen molar-refractivity contribution < 1.29 is 19.5 Å². The molecule has 2 rings (SSSR count). The molecule has 0 aromatic carbocycles. The third kappa shape index (κ3) is 6.52. The van der Waals surface area contributed by atoms with Gasteiger partial charge in [0.05, 0.1) is 0 Å². The van der Waals surface area contributed by atoms with Crippen LogP contribution in [-0.2, 0) is 19.5 Å². The minimum absolute atomic E-state index is 0. The third-order valence-electron chi connectivity index (χ3n) is 3.51. The van der Waals surface area contributed by atoms with Gasteiger partial charge in [-0.2, -0.15) is 11.1 Å². The second kappa shape index (κ2) is 10.4. The van der Waals surface area contributed by atoms with Gasteiger partial charge in [-0.15, -0.1) is 12.8 Å². The summed E-state index contributed by atoms with van der Waals surface area (Å²) in [4.78, 5) is 0. The van der Waals surface area contributed by atoms with E-state index in [0.29, 0.717) is 0 Å². The molecular weight excluding hydrogens is 317 g/mol. The van der Waals surface area contributed by atoms with E-state index >= 15 is 0 Å². The van der Waals surface area contributed by atoms with Gasteiger partial charge in [0.25, 0.3) is 0 Å². The molecule has 2 aliphatic rings. The minimum Gasteiger partial charge on any atom is -0.269 e. The maximum Gasteiger partial charge on any atom is 2.00 e. The summed E-state index contributed by atoms with van der Waals surface area (Å²) < 4.78 is 0. The Balaban J connectivity index is 0.000000324. The van der Waals surface area contributed by atoms with Gasteiger partial charge < -0.3 is 0 Å². The molecule has 106 valence electrons. The second-order valence-electron chi connectivity index (χ2n) is 4.78. The van der Waals surface area contributed by atoms with E-state index in [0.717, 1.165) is 25.7 Å². The van der Waals surface area contributed by atoms with E-state index in [-0.39, 0.29) is 19.5 Å². The van der Waals surface area contributed by atoms with Crippen LogP contribution in [0.5, 0.6) is 0 Å². The van der Waals surface area contributed by atoms with E-state index in [4.69, 9.17) is 0 Å². The molecule has 0 radical (unpaired) electrons. The Bertz CT molecular complexity index is 342. The summed E-state index contributed by atoms with van der Waals surface area (Å²) in [5.74, 6) is 0. The molecule has 0 fully saturated rings. The molecule has 0 unspecified atom stereocenters. The molecule has 0 heterocycles. The van der Waals surface area contributed by atoms with E-state index in [1.807, 2.05) is 0 Å². The average Bonchev–Trinajstić information content (AvgIpc) is 3.07. The molecule has 0 bridgehead atoms. The molecule has 0 amide bonds. The summed E-state index contributed by atoms with van der Waals surface area (Å²) in [6.45, 7) is 8.76. The summed E-state index contributed by atoms with van der Waals surface area (Å²) >= 11 is 0. The van der Waals surface area contributed by atoms with Crippen molar-refractivity contribution in [2.75, 3.05) is 0 Å². The van der Waals surface area contributed by atoms with Crippen molar-refractivity contribution >= 4 is 0 Å². The topological polar surface area (TPSA) is 0 Å². The number of allylic oxidation sites excluding steroid dienone is 8. The van der Waals surface area contributed by atoms with Crippen LogP contribution in [0, 0.1) is 12.2 Å². The predicted molar refractivity (Wildman–Crippen MR) is 80.1 cm³/mol. The third-order valence-corrected chi connectivity index (χ3v) is 3.51. The van der Waals surface area contributed by atoms with Gasteiger partial charge in [0.15, 0.2) is 0 Å². The first-order valence-electron chi connectivity index (χ1n) is 7.31. The monoisotopic (exact) mass is 344 g/mol. The fourth-order valence-corrected chi connectivity index (χ4v) is 2.06. The Morgan fingerprint density at radius 2 is 1.11 bits per heavy atom. The molecule has 2 aliphatic carbocycles. The molecule has 0 saturated carbocycles. The Morgan fingerprint density at radius 3 is 1.26 bits per heavy atom. The molecule has 0 spiro atoms. The molecule has 0 aromatic heterocycles. The van der Waals surface area contributed by atoms with Crippen molar-refractivity contribution in [3.05, 3.63) is 46.6 Å². The van der Waals surface area contributed by atoms with Crippen LogP contribution in [0.15, 0.2) is 34.4 Å². The molecule has 0 nitrogen and oxygen atoms in total. The first kappa shape index (κ1) is 18.6. The molecule has 0 aromatic rings. The smallest absolute Gasteiger partial charge is 0.269 e. The van der Waals surface area contributed by atoms with Crippen LogP contribution in [0.2, 0.25) is 0 Å². The van der Waals surface area contributed by atoms with Crippen molar-refractivity contribution in [3.8, 4) is 0 Å². The van der Waals surface area contributed by atoms with Crippen molar-refractivity contribution in [1.29, 1.82) is 0 Å². The van der Waals surface area contributed by atoms with Crippen molar-refractivity contribution in [1.82, 2.24) is 0 Å². The van der Waals surface area contributed by atoms with Crippen LogP contribution >= 0.6 is 0 Å². The average molecular weight is 343 g/mol. The van der Waals surface area contributed by atoms with E-state index in [9.17, 15) is 0 Å². The number of hydrogen-bond donors (Lipinski definition) is 0. The SMILES string of the molecule is CCC1=[C-]CC(CC)=C1.CCC1=[C-]CC(CC)=C1.[Ru+2]. The van der Waals surface area contributed by atoms with Gasteiger partial charge in [0.1, 0.15) is 0 Å². The fourth-order valence-electron chi connectivity index (χ4n) is 2.06. The number of rotatable bonds is 4. The molecule has 19 heavy (non-hydrogen) atoms. The Morgan fingerprint density at radius 1 is 0.737 bits per heavy atom. The van der Waals surface area contributed by atoms with Crippen molar-refractivity contribution in [2.24, 2.45) is 0 Å². The van der Waals surface area contributed by atoms with Crippen LogP contribution in [0.1, 0.15) is 66.2 Å². The molecule has 0 aliphatic heterocycles. The molecular formula is C18H26Ru. The Labute approximate surface area is 132 Å². The molecule has 0 saturated heterocycles. The summed E-state index contributed by atoms with van der Waals surface area (Å²) in [5.41, 5.74) is 5.86. The summed E-state index contributed by atoms with van der Waals surface area (Å²) in [5, 5.41) is 0. The van der Waals surface area contributed by atoms with Gasteiger partial charge in [-0.25, -0.2) is 23.3 Å². The first-order valence-corrected chi connectivity index (χ1v) is 7.31. The van der Waals surface area contributed by atoms with Gasteiger partial charge in [0.2, 0.25) is 0 Å². The van der Waals surface area contributed by atoms with Gasteiger partial charge in [-0.05, 0) is 0 Å². The summed E-state index contributed by atoms with van der Waals surface area (Å²) in [7, 11) is 0. The molecule has 0 N–H and O–H groups in total. The van der Waals surface area contributed by atoms with Crippen LogP contribution in [-0.4, -0.2) is 0 Å². The largest absolute Gasteiger partial charge is 2.00 e. The molecule has 1 heteroatoms. The quantitative estimate of drug-likeness (QED) is 0.452. The standard InChI is InChI=1S/2C9H13.Ru/c2*1-3-8-5-6-9(4-2)7-8;/h2*7H,3-5H2,1-2H3;/q2*-1;+2. The summed E-state index contributed by atoms with van der Waals surface area (Å²) in [6.07, 6.45) is 18.1. The predicted octanol–water partition coefficient (Wildman–Crippen LogP) is 5.73. The van der Waals surface area contributed by atoms with Gasteiger partial charge in [-0.1, -0.05) is 53.4 Å². The molecule has 0 atom stereocenters. The van der Waals surface area contributed by atoms with E-state index in [1.54, 1.807) is 0 Å². The zero-order chi connectivity index (χ0) is 13.4. The van der Waals surface area contributed by atoms with Gasteiger partial charge >= 0.3 is 19.5 Å². The van der Waals surface area contributed by atoms with Crippen LogP contribution in [0.25, 0.3) is 0 Å². The van der Waals surface area contributed by atoms with Gasteiger partial charge in [0, 0.05) is 0 Å². The maximum atomic E-state index is 3.33. The van der Waals surface area contributed by atoms with Gasteiger partial charge in [-0.3, -0.25) is 12.2 Å². The fraction of sp³-hybridized carbons (Fsp3) is 0.556. The Hall–Kier alpha value is -0.417. The minimum atomic E-state index is 0. The van der Waals surface area contributed by atoms with Crippen LogP contribution < -0.4 is 0 Å². The van der Waals surface area contributed by atoms with Crippen molar-refractivity contribution in [3.63, 3.8) is 0 Å². The van der Waals surface area contributed by atoms with Crippen LogP contribution in [0.3, 0.4) is 0 Å². The zero-order valence-corrected chi connectivity index (χ0v) is 14.5. The second-order valence-corrected chi connectivity index (χ2v) is 4.78.